The average Bonchev–Trinajstić information content (AvgIpc) is 3.38. The summed E-state index contributed by atoms with van der Waals surface area (Å²) in [5.74, 6) is 0.671. The second kappa shape index (κ2) is 8.36. The Morgan fingerprint density at radius 1 is 1.23 bits per heavy atom. The molecule has 1 aliphatic heterocycles. The Morgan fingerprint density at radius 3 is 2.87 bits per heavy atom. The van der Waals surface area contributed by atoms with Gasteiger partial charge >= 0.3 is 0 Å². The molecule has 4 aromatic rings. The number of thiazole rings is 1. The zero-order chi connectivity index (χ0) is 21.2. The first-order chi connectivity index (χ1) is 15.2. The summed E-state index contributed by atoms with van der Waals surface area (Å²) in [6.45, 7) is 1.97. The molecule has 0 aliphatic carbocycles. The lowest BCUT2D eigenvalue weighted by Crippen LogP contribution is -2.25. The monoisotopic (exact) mass is 438 g/mol. The van der Waals surface area contributed by atoms with Crippen molar-refractivity contribution in [2.75, 3.05) is 23.9 Å². The summed E-state index contributed by atoms with van der Waals surface area (Å²) in [5.41, 5.74) is 3.82. The van der Waals surface area contributed by atoms with Crippen LogP contribution in [-0.4, -0.2) is 43.8 Å². The second-order valence-electron chi connectivity index (χ2n) is 7.03. The van der Waals surface area contributed by atoms with Crippen molar-refractivity contribution in [3.8, 4) is 11.3 Å². The molecule has 0 saturated carbocycles. The number of H-pyrrole nitrogens is 1. The quantitative estimate of drug-likeness (QED) is 0.472. The van der Waals surface area contributed by atoms with Gasteiger partial charge in [0.15, 0.2) is 16.8 Å². The van der Waals surface area contributed by atoms with Gasteiger partial charge in [-0.25, -0.2) is 19.3 Å². The number of pyridine rings is 1. The van der Waals surface area contributed by atoms with Gasteiger partial charge in [-0.3, -0.25) is 10.1 Å². The molecular formula is C20H19FN8OS. The SMILES string of the molecule is COCc1ccc(CN2CCc3sc(Nc4ncc(F)cn4)nc3-c3c[nH]nc32)nc1. The van der Waals surface area contributed by atoms with Crippen molar-refractivity contribution >= 4 is 28.2 Å². The molecule has 158 valence electrons. The van der Waals surface area contributed by atoms with Crippen LogP contribution in [0.1, 0.15) is 16.1 Å². The van der Waals surface area contributed by atoms with Crippen molar-refractivity contribution in [3.05, 3.63) is 58.9 Å². The third-order valence-electron chi connectivity index (χ3n) is 4.87. The number of anilines is 3. The van der Waals surface area contributed by atoms with E-state index >= 15 is 0 Å². The van der Waals surface area contributed by atoms with Crippen LogP contribution in [-0.2, 0) is 24.3 Å². The third kappa shape index (κ3) is 4.09. The average molecular weight is 438 g/mol. The number of methoxy groups -OCH3 is 1. The fourth-order valence-electron chi connectivity index (χ4n) is 3.45. The second-order valence-corrected chi connectivity index (χ2v) is 8.11. The van der Waals surface area contributed by atoms with Crippen LogP contribution in [0, 0.1) is 5.82 Å². The van der Waals surface area contributed by atoms with E-state index in [2.05, 4.69) is 35.4 Å². The molecule has 0 spiro atoms. The standard InChI is InChI=1S/C20H19FN8OS/c1-30-11-12-2-3-14(22-6-12)10-29-5-4-16-17(15-9-25-28-18(15)29)26-20(31-16)27-19-23-7-13(21)8-24-19/h2-3,6-9H,4-5,10-11H2,1H3,(H,25,28)(H,23,24,26,27). The zero-order valence-corrected chi connectivity index (χ0v) is 17.5. The summed E-state index contributed by atoms with van der Waals surface area (Å²) < 4.78 is 18.2. The predicted octanol–water partition coefficient (Wildman–Crippen LogP) is 3.31. The highest BCUT2D eigenvalue weighted by Crippen LogP contribution is 2.39. The van der Waals surface area contributed by atoms with E-state index in [1.807, 2.05) is 24.5 Å². The number of hydrogen-bond acceptors (Lipinski definition) is 9. The minimum Gasteiger partial charge on any atom is -0.380 e. The molecule has 0 unspecified atom stereocenters. The summed E-state index contributed by atoms with van der Waals surface area (Å²) in [4.78, 5) is 20.5. The van der Waals surface area contributed by atoms with Gasteiger partial charge in [-0.1, -0.05) is 6.07 Å². The highest BCUT2D eigenvalue weighted by molar-refractivity contribution is 7.16. The number of rotatable bonds is 6. The van der Waals surface area contributed by atoms with Crippen molar-refractivity contribution in [2.24, 2.45) is 0 Å². The van der Waals surface area contributed by atoms with E-state index in [9.17, 15) is 4.39 Å². The molecule has 0 amide bonds. The number of fused-ring (bicyclic) bond motifs is 3. The molecule has 0 fully saturated rings. The number of nitrogens with zero attached hydrogens (tertiary/aromatic N) is 6. The number of hydrogen-bond donors (Lipinski definition) is 2. The Balaban J connectivity index is 1.37. The van der Waals surface area contributed by atoms with Crippen LogP contribution in [0.15, 0.2) is 36.9 Å². The molecule has 0 atom stereocenters. The van der Waals surface area contributed by atoms with E-state index < -0.39 is 5.82 Å². The van der Waals surface area contributed by atoms with Crippen molar-refractivity contribution in [3.63, 3.8) is 0 Å². The summed E-state index contributed by atoms with van der Waals surface area (Å²) in [6, 6.07) is 4.05. The van der Waals surface area contributed by atoms with Gasteiger partial charge in [0.1, 0.15) is 0 Å². The third-order valence-corrected chi connectivity index (χ3v) is 5.90. The maximum atomic E-state index is 13.0. The normalized spacial score (nSPS) is 12.9. The van der Waals surface area contributed by atoms with Crippen LogP contribution in [0.4, 0.5) is 21.3 Å². The summed E-state index contributed by atoms with van der Waals surface area (Å²) in [6.07, 6.45) is 6.76. The van der Waals surface area contributed by atoms with Gasteiger partial charge in [0.2, 0.25) is 5.95 Å². The lowest BCUT2D eigenvalue weighted by Gasteiger charge is -2.21. The molecule has 11 heteroatoms. The van der Waals surface area contributed by atoms with Crippen LogP contribution in [0.2, 0.25) is 0 Å². The van der Waals surface area contributed by atoms with E-state index in [0.717, 1.165) is 58.6 Å². The Hall–Kier alpha value is -3.44. The molecule has 0 saturated heterocycles. The summed E-state index contributed by atoms with van der Waals surface area (Å²) >= 11 is 1.54. The minimum atomic E-state index is -0.480. The first-order valence-corrected chi connectivity index (χ1v) is 10.5. The number of ether oxygens (including phenoxy) is 1. The molecule has 31 heavy (non-hydrogen) atoms. The lowest BCUT2D eigenvalue weighted by molar-refractivity contribution is 0.184. The molecular weight excluding hydrogens is 419 g/mol. The van der Waals surface area contributed by atoms with Crippen molar-refractivity contribution < 1.29 is 9.13 Å². The van der Waals surface area contributed by atoms with Crippen LogP contribution >= 0.6 is 11.3 Å². The number of halogens is 1. The molecule has 5 rings (SSSR count). The fraction of sp³-hybridized carbons (Fsp3) is 0.250. The predicted molar refractivity (Wildman–Crippen MR) is 115 cm³/mol. The number of nitrogens with one attached hydrogen (secondary N) is 2. The van der Waals surface area contributed by atoms with E-state index in [0.29, 0.717) is 24.2 Å². The molecule has 0 bridgehead atoms. The van der Waals surface area contributed by atoms with Gasteiger partial charge in [0, 0.05) is 37.3 Å². The van der Waals surface area contributed by atoms with Crippen LogP contribution in [0.3, 0.4) is 0 Å². The van der Waals surface area contributed by atoms with Gasteiger partial charge in [0.25, 0.3) is 0 Å². The summed E-state index contributed by atoms with van der Waals surface area (Å²) in [5, 5.41) is 11.2. The minimum absolute atomic E-state index is 0.308. The Labute approximate surface area is 181 Å². The van der Waals surface area contributed by atoms with Gasteiger partial charge in [-0.15, -0.1) is 11.3 Å². The van der Waals surface area contributed by atoms with E-state index in [-0.39, 0.29) is 0 Å². The molecule has 2 N–H and O–H groups in total. The first kappa shape index (κ1) is 19.5. The van der Waals surface area contributed by atoms with E-state index in [4.69, 9.17) is 9.72 Å². The Morgan fingerprint density at radius 2 is 2.10 bits per heavy atom. The van der Waals surface area contributed by atoms with Gasteiger partial charge < -0.3 is 15.0 Å². The van der Waals surface area contributed by atoms with Crippen LogP contribution in [0.5, 0.6) is 0 Å². The van der Waals surface area contributed by atoms with Gasteiger partial charge in [-0.2, -0.15) is 5.10 Å². The maximum Gasteiger partial charge on any atom is 0.229 e. The molecule has 5 heterocycles. The maximum absolute atomic E-state index is 13.0. The van der Waals surface area contributed by atoms with Crippen molar-refractivity contribution in [2.45, 2.75) is 19.6 Å². The zero-order valence-electron chi connectivity index (χ0n) is 16.7. The smallest absolute Gasteiger partial charge is 0.229 e. The number of aromatic amines is 1. The Bertz CT molecular complexity index is 1170. The highest BCUT2D eigenvalue weighted by atomic mass is 32.1. The molecule has 0 aromatic carbocycles. The van der Waals surface area contributed by atoms with Crippen LogP contribution in [0.25, 0.3) is 11.3 Å². The Kier molecular flexibility index (Phi) is 5.26. The van der Waals surface area contributed by atoms with Crippen molar-refractivity contribution in [1.29, 1.82) is 0 Å². The highest BCUT2D eigenvalue weighted by Gasteiger charge is 2.26. The molecule has 0 radical (unpaired) electrons. The molecule has 9 nitrogen and oxygen atoms in total. The topological polar surface area (TPSA) is 105 Å². The van der Waals surface area contributed by atoms with E-state index in [1.165, 1.54) is 11.3 Å². The fourth-order valence-corrected chi connectivity index (χ4v) is 4.41. The van der Waals surface area contributed by atoms with Crippen molar-refractivity contribution in [1.82, 2.24) is 30.1 Å². The van der Waals surface area contributed by atoms with Gasteiger partial charge in [0.05, 0.1) is 42.5 Å². The number of aromatic nitrogens is 6. The molecule has 1 aliphatic rings. The van der Waals surface area contributed by atoms with E-state index in [1.54, 1.807) is 7.11 Å². The van der Waals surface area contributed by atoms with Gasteiger partial charge in [-0.05, 0) is 11.6 Å². The lowest BCUT2D eigenvalue weighted by atomic mass is 10.2. The first-order valence-electron chi connectivity index (χ1n) is 9.65. The molecule has 4 aromatic heterocycles. The summed E-state index contributed by atoms with van der Waals surface area (Å²) in [7, 11) is 1.67. The largest absolute Gasteiger partial charge is 0.380 e. The van der Waals surface area contributed by atoms with Crippen LogP contribution < -0.4 is 10.2 Å².